The van der Waals surface area contributed by atoms with Gasteiger partial charge >= 0.3 is 6.03 Å². The number of hydrogen-bond donors (Lipinski definition) is 1. The maximum atomic E-state index is 12.5. The molecule has 0 radical (unpaired) electrons. The molecule has 0 bridgehead atoms. The molecular formula is C18H26N4O2. The molecule has 1 unspecified atom stereocenters. The average molecular weight is 330 g/mol. The molecule has 24 heavy (non-hydrogen) atoms. The summed E-state index contributed by atoms with van der Waals surface area (Å²) in [6.45, 7) is 8.18. The molecule has 3 rings (SSSR count). The van der Waals surface area contributed by atoms with Crippen LogP contribution in [0.4, 0.5) is 10.5 Å². The maximum absolute atomic E-state index is 12.5. The van der Waals surface area contributed by atoms with Crippen molar-refractivity contribution in [3.05, 3.63) is 24.5 Å². The van der Waals surface area contributed by atoms with Crippen LogP contribution in [0.15, 0.2) is 24.5 Å². The lowest BCUT2D eigenvalue weighted by atomic mass is 10.1. The summed E-state index contributed by atoms with van der Waals surface area (Å²) in [5, 5.41) is 3.01. The molecule has 6 nitrogen and oxygen atoms in total. The third kappa shape index (κ3) is 3.53. The molecule has 1 atom stereocenters. The number of ether oxygens (including phenoxy) is 1. The molecule has 1 aliphatic heterocycles. The second-order valence-electron chi connectivity index (χ2n) is 6.44. The number of para-hydroxylation sites is 1. The van der Waals surface area contributed by atoms with Crippen LogP contribution in [-0.4, -0.2) is 48.4 Å². The van der Waals surface area contributed by atoms with E-state index in [4.69, 9.17) is 4.74 Å². The molecule has 2 heterocycles. The van der Waals surface area contributed by atoms with Crippen LogP contribution in [0.1, 0.15) is 26.7 Å². The van der Waals surface area contributed by atoms with Crippen molar-refractivity contribution in [1.29, 1.82) is 0 Å². The van der Waals surface area contributed by atoms with E-state index in [1.165, 1.54) is 0 Å². The van der Waals surface area contributed by atoms with E-state index in [2.05, 4.69) is 35.1 Å². The van der Waals surface area contributed by atoms with Crippen LogP contribution in [0.25, 0.3) is 11.0 Å². The highest BCUT2D eigenvalue weighted by molar-refractivity contribution is 5.95. The summed E-state index contributed by atoms with van der Waals surface area (Å²) in [6.07, 6.45) is 3.87. The first-order chi connectivity index (χ1) is 11.7. The lowest BCUT2D eigenvalue weighted by molar-refractivity contribution is 0.123. The number of imidazole rings is 1. The highest BCUT2D eigenvalue weighted by Crippen LogP contribution is 2.26. The van der Waals surface area contributed by atoms with Crippen molar-refractivity contribution >= 4 is 22.8 Å². The minimum Gasteiger partial charge on any atom is -0.378 e. The summed E-state index contributed by atoms with van der Waals surface area (Å²) >= 11 is 0. The van der Waals surface area contributed by atoms with Gasteiger partial charge < -0.3 is 15.0 Å². The molecule has 1 aromatic heterocycles. The lowest BCUT2D eigenvalue weighted by Gasteiger charge is -2.29. The van der Waals surface area contributed by atoms with Gasteiger partial charge in [-0.1, -0.05) is 26.3 Å². The Morgan fingerprint density at radius 2 is 2.17 bits per heavy atom. The Labute approximate surface area is 142 Å². The topological polar surface area (TPSA) is 59.4 Å². The van der Waals surface area contributed by atoms with E-state index in [1.807, 2.05) is 12.1 Å². The number of aromatic nitrogens is 2. The predicted octanol–water partition coefficient (Wildman–Crippen LogP) is 2.87. The second kappa shape index (κ2) is 7.66. The lowest BCUT2D eigenvalue weighted by Crippen LogP contribution is -2.36. The molecule has 1 aromatic carbocycles. The van der Waals surface area contributed by atoms with Gasteiger partial charge in [0.15, 0.2) is 0 Å². The minimum atomic E-state index is -0.111. The molecule has 1 saturated heterocycles. The number of carbonyl (C=O) groups is 1. The average Bonchev–Trinajstić information content (AvgIpc) is 3.05. The summed E-state index contributed by atoms with van der Waals surface area (Å²) in [5.74, 6) is 0.484. The van der Waals surface area contributed by atoms with E-state index in [1.54, 1.807) is 10.9 Å². The molecule has 1 amide bonds. The number of hydrogen-bond acceptors (Lipinski definition) is 4. The van der Waals surface area contributed by atoms with Crippen LogP contribution in [0.5, 0.6) is 0 Å². The zero-order valence-electron chi connectivity index (χ0n) is 14.5. The number of fused-ring (bicyclic) bond motifs is 1. The molecule has 0 aliphatic carbocycles. The summed E-state index contributed by atoms with van der Waals surface area (Å²) in [6, 6.07) is 5.88. The van der Waals surface area contributed by atoms with Crippen LogP contribution in [0.3, 0.4) is 0 Å². The molecule has 1 N–H and O–H groups in total. The van der Waals surface area contributed by atoms with Gasteiger partial charge in [0.1, 0.15) is 11.8 Å². The molecule has 2 aromatic rings. The molecule has 0 spiro atoms. The van der Waals surface area contributed by atoms with Crippen molar-refractivity contribution in [2.24, 2.45) is 5.92 Å². The normalized spacial score (nSPS) is 16.3. The van der Waals surface area contributed by atoms with Crippen LogP contribution in [0, 0.1) is 5.92 Å². The van der Waals surface area contributed by atoms with Gasteiger partial charge in [-0.3, -0.25) is 4.57 Å². The second-order valence-corrected chi connectivity index (χ2v) is 6.44. The first kappa shape index (κ1) is 16.8. The Balaban J connectivity index is 1.79. The fraction of sp³-hybridized carbons (Fsp3) is 0.556. The third-order valence-corrected chi connectivity index (χ3v) is 4.51. The van der Waals surface area contributed by atoms with Gasteiger partial charge in [0, 0.05) is 19.6 Å². The molecule has 1 aliphatic rings. The van der Waals surface area contributed by atoms with Crippen molar-refractivity contribution in [3.63, 3.8) is 0 Å². The summed E-state index contributed by atoms with van der Waals surface area (Å²) in [7, 11) is 0. The standard InChI is InChI=1S/C18H26N4O2/c1-3-5-14(2)12-19-18(23)22-13-20-17-15(6-4-7-16(17)22)21-8-10-24-11-9-21/h4,6-7,13-14H,3,5,8-12H2,1-2H3,(H,19,23). The van der Waals surface area contributed by atoms with Gasteiger partial charge in [0.2, 0.25) is 0 Å². The highest BCUT2D eigenvalue weighted by atomic mass is 16.5. The van der Waals surface area contributed by atoms with Crippen molar-refractivity contribution in [2.45, 2.75) is 26.7 Å². The van der Waals surface area contributed by atoms with Gasteiger partial charge in [-0.25, -0.2) is 9.78 Å². The number of benzene rings is 1. The Morgan fingerprint density at radius 1 is 1.38 bits per heavy atom. The fourth-order valence-corrected chi connectivity index (χ4v) is 3.19. The number of rotatable bonds is 5. The Bertz CT molecular complexity index is 691. The smallest absolute Gasteiger partial charge is 0.327 e. The van der Waals surface area contributed by atoms with Crippen molar-refractivity contribution in [2.75, 3.05) is 37.7 Å². The zero-order valence-corrected chi connectivity index (χ0v) is 14.5. The van der Waals surface area contributed by atoms with Gasteiger partial charge in [-0.2, -0.15) is 0 Å². The van der Waals surface area contributed by atoms with Gasteiger partial charge in [0.05, 0.1) is 24.4 Å². The summed E-state index contributed by atoms with van der Waals surface area (Å²) < 4.78 is 7.03. The number of morpholine rings is 1. The van der Waals surface area contributed by atoms with E-state index in [0.29, 0.717) is 12.5 Å². The first-order valence-electron chi connectivity index (χ1n) is 8.77. The quantitative estimate of drug-likeness (QED) is 0.916. The van der Waals surface area contributed by atoms with E-state index in [0.717, 1.165) is 55.9 Å². The largest absolute Gasteiger partial charge is 0.378 e. The Morgan fingerprint density at radius 3 is 2.92 bits per heavy atom. The van der Waals surface area contributed by atoms with Crippen molar-refractivity contribution < 1.29 is 9.53 Å². The van der Waals surface area contributed by atoms with Gasteiger partial charge in [-0.05, 0) is 24.5 Å². The SMILES string of the molecule is CCCC(C)CNC(=O)n1cnc2c(N3CCOCC3)cccc21. The Kier molecular flexibility index (Phi) is 5.35. The number of anilines is 1. The first-order valence-corrected chi connectivity index (χ1v) is 8.77. The van der Waals surface area contributed by atoms with Gasteiger partial charge in [-0.15, -0.1) is 0 Å². The van der Waals surface area contributed by atoms with Crippen molar-refractivity contribution in [3.8, 4) is 0 Å². The third-order valence-electron chi connectivity index (χ3n) is 4.51. The number of carbonyl (C=O) groups excluding carboxylic acids is 1. The molecule has 0 saturated carbocycles. The molecular weight excluding hydrogens is 304 g/mol. The highest BCUT2D eigenvalue weighted by Gasteiger charge is 2.18. The van der Waals surface area contributed by atoms with E-state index in [9.17, 15) is 4.79 Å². The summed E-state index contributed by atoms with van der Waals surface area (Å²) in [5.41, 5.74) is 2.79. The van der Waals surface area contributed by atoms with Crippen LogP contribution >= 0.6 is 0 Å². The van der Waals surface area contributed by atoms with Gasteiger partial charge in [0.25, 0.3) is 0 Å². The molecule has 1 fully saturated rings. The number of nitrogens with one attached hydrogen (secondary N) is 1. The number of amides is 1. The zero-order chi connectivity index (χ0) is 16.9. The fourth-order valence-electron chi connectivity index (χ4n) is 3.19. The molecule has 130 valence electrons. The van der Waals surface area contributed by atoms with Crippen molar-refractivity contribution in [1.82, 2.24) is 14.9 Å². The van der Waals surface area contributed by atoms with Crippen LogP contribution < -0.4 is 10.2 Å². The van der Waals surface area contributed by atoms with Crippen LogP contribution in [-0.2, 0) is 4.74 Å². The van der Waals surface area contributed by atoms with E-state index in [-0.39, 0.29) is 6.03 Å². The van der Waals surface area contributed by atoms with E-state index >= 15 is 0 Å². The number of nitrogens with zero attached hydrogens (tertiary/aromatic N) is 3. The summed E-state index contributed by atoms with van der Waals surface area (Å²) in [4.78, 5) is 19.3. The predicted molar refractivity (Wildman–Crippen MR) is 95.6 cm³/mol. The maximum Gasteiger partial charge on any atom is 0.327 e. The van der Waals surface area contributed by atoms with Crippen LogP contribution in [0.2, 0.25) is 0 Å². The molecule has 6 heteroatoms. The minimum absolute atomic E-state index is 0.111. The Hall–Kier alpha value is -2.08. The van der Waals surface area contributed by atoms with E-state index < -0.39 is 0 Å². The monoisotopic (exact) mass is 330 g/mol.